The van der Waals surface area contributed by atoms with Crippen LogP contribution < -0.4 is 19.7 Å². The first-order valence-corrected chi connectivity index (χ1v) is 15.3. The molecule has 0 bridgehead atoms. The van der Waals surface area contributed by atoms with Gasteiger partial charge in [-0.2, -0.15) is 0 Å². The lowest BCUT2D eigenvalue weighted by molar-refractivity contribution is -0.122. The van der Waals surface area contributed by atoms with Gasteiger partial charge in [-0.15, -0.1) is 0 Å². The minimum atomic E-state index is -0.856. The highest BCUT2D eigenvalue weighted by molar-refractivity contribution is 9.10. The molecular formula is C35H23BrCl2N2O5. The van der Waals surface area contributed by atoms with Crippen LogP contribution in [0.2, 0.25) is 10.0 Å². The Morgan fingerprint density at radius 3 is 2.33 bits per heavy atom. The van der Waals surface area contributed by atoms with Crippen molar-refractivity contribution in [2.75, 3.05) is 4.90 Å². The third kappa shape index (κ3) is 6.73. The zero-order chi connectivity index (χ0) is 31.5. The molecule has 6 rings (SSSR count). The number of ether oxygens (including phenoxy) is 2. The maximum absolute atomic E-state index is 13.6. The third-order valence-corrected chi connectivity index (χ3v) is 8.22. The first-order chi connectivity index (χ1) is 21.8. The number of hydrogen-bond donors (Lipinski definition) is 1. The monoisotopic (exact) mass is 700 g/mol. The van der Waals surface area contributed by atoms with Crippen molar-refractivity contribution < 1.29 is 23.9 Å². The predicted octanol–water partition coefficient (Wildman–Crippen LogP) is 8.73. The number of carbonyl (C=O) groups is 3. The van der Waals surface area contributed by atoms with Crippen molar-refractivity contribution in [1.82, 2.24) is 5.32 Å². The van der Waals surface area contributed by atoms with E-state index in [2.05, 4.69) is 21.2 Å². The van der Waals surface area contributed by atoms with Crippen molar-refractivity contribution in [2.24, 2.45) is 0 Å². The normalized spacial score (nSPS) is 14.2. The van der Waals surface area contributed by atoms with Crippen LogP contribution in [-0.2, 0) is 22.8 Å². The lowest BCUT2D eigenvalue weighted by atomic mass is 10.0. The number of fused-ring (bicyclic) bond motifs is 1. The van der Waals surface area contributed by atoms with E-state index in [0.29, 0.717) is 27.1 Å². The molecule has 1 fully saturated rings. The van der Waals surface area contributed by atoms with Crippen molar-refractivity contribution >= 4 is 79.5 Å². The van der Waals surface area contributed by atoms with Crippen LogP contribution in [0.5, 0.6) is 11.5 Å². The quantitative estimate of drug-likeness (QED) is 0.129. The number of nitrogens with zero attached hydrogens (tertiary/aromatic N) is 1. The average Bonchev–Trinajstić information content (AvgIpc) is 3.03. The summed E-state index contributed by atoms with van der Waals surface area (Å²) in [6.07, 6.45) is 1.42. The predicted molar refractivity (Wildman–Crippen MR) is 179 cm³/mol. The number of carbonyl (C=O) groups excluding carboxylic acids is 3. The Morgan fingerprint density at radius 2 is 1.53 bits per heavy atom. The maximum atomic E-state index is 13.6. The van der Waals surface area contributed by atoms with Crippen molar-refractivity contribution in [2.45, 2.75) is 13.2 Å². The molecule has 10 heteroatoms. The standard InChI is InChI=1S/C35H23BrCl2N2O5/c36-25-9-15-32(45-19-22-6-3-5-21-4-1-2-7-29(21)22)24(16-25)17-30-33(41)39-35(43)40(34(30)42)27-11-13-28(14-12-27)44-20-23-8-10-26(37)18-31(23)38/h1-18H,19-20H2,(H,39,41,43)/b30-17+. The number of barbiturate groups is 1. The molecule has 45 heavy (non-hydrogen) atoms. The summed E-state index contributed by atoms with van der Waals surface area (Å²) in [5.74, 6) is -0.625. The van der Waals surface area contributed by atoms with E-state index in [0.717, 1.165) is 31.3 Å². The molecule has 0 aliphatic carbocycles. The molecule has 0 aromatic heterocycles. The van der Waals surface area contributed by atoms with E-state index in [1.165, 1.54) is 6.08 Å². The highest BCUT2D eigenvalue weighted by atomic mass is 79.9. The van der Waals surface area contributed by atoms with Gasteiger partial charge in [0, 0.05) is 25.6 Å². The summed E-state index contributed by atoms with van der Waals surface area (Å²) in [5.41, 5.74) is 2.26. The molecule has 1 heterocycles. The van der Waals surface area contributed by atoms with Gasteiger partial charge in [0.15, 0.2) is 0 Å². The van der Waals surface area contributed by atoms with E-state index in [1.54, 1.807) is 54.6 Å². The Hall–Kier alpha value is -4.63. The van der Waals surface area contributed by atoms with Crippen LogP contribution in [0.1, 0.15) is 16.7 Å². The molecule has 0 spiro atoms. The minimum absolute atomic E-state index is 0.192. The summed E-state index contributed by atoms with van der Waals surface area (Å²) in [6.45, 7) is 0.458. The van der Waals surface area contributed by atoms with Crippen LogP contribution in [0.4, 0.5) is 10.5 Å². The smallest absolute Gasteiger partial charge is 0.335 e. The van der Waals surface area contributed by atoms with Crippen LogP contribution in [0.15, 0.2) is 113 Å². The molecular weight excluding hydrogens is 679 g/mol. The number of urea groups is 1. The second-order valence-electron chi connectivity index (χ2n) is 10.1. The molecule has 5 aromatic rings. The van der Waals surface area contributed by atoms with Gasteiger partial charge < -0.3 is 9.47 Å². The fourth-order valence-electron chi connectivity index (χ4n) is 4.88. The van der Waals surface area contributed by atoms with Gasteiger partial charge in [0.25, 0.3) is 11.8 Å². The van der Waals surface area contributed by atoms with E-state index in [4.69, 9.17) is 32.7 Å². The molecule has 1 saturated heterocycles. The summed E-state index contributed by atoms with van der Waals surface area (Å²) in [5, 5.41) is 5.42. The van der Waals surface area contributed by atoms with E-state index in [1.807, 2.05) is 48.5 Å². The average molecular weight is 702 g/mol. The van der Waals surface area contributed by atoms with Crippen molar-refractivity contribution in [3.05, 3.63) is 140 Å². The molecule has 0 unspecified atom stereocenters. The number of anilines is 1. The van der Waals surface area contributed by atoms with Gasteiger partial charge in [0.2, 0.25) is 0 Å². The van der Waals surface area contributed by atoms with Crippen LogP contribution in [0, 0.1) is 0 Å². The van der Waals surface area contributed by atoms with Crippen molar-refractivity contribution in [3.8, 4) is 11.5 Å². The largest absolute Gasteiger partial charge is 0.489 e. The molecule has 224 valence electrons. The summed E-state index contributed by atoms with van der Waals surface area (Å²) < 4.78 is 12.7. The Morgan fingerprint density at radius 1 is 0.778 bits per heavy atom. The number of imide groups is 2. The summed E-state index contributed by atoms with van der Waals surface area (Å²) in [4.78, 5) is 40.2. The highest BCUT2D eigenvalue weighted by Gasteiger charge is 2.37. The summed E-state index contributed by atoms with van der Waals surface area (Å²) in [6, 6.07) is 29.9. The Bertz CT molecular complexity index is 1990. The lowest BCUT2D eigenvalue weighted by Gasteiger charge is -2.26. The zero-order valence-corrected chi connectivity index (χ0v) is 26.5. The van der Waals surface area contributed by atoms with Crippen molar-refractivity contribution in [3.63, 3.8) is 0 Å². The first-order valence-electron chi connectivity index (χ1n) is 13.7. The van der Waals surface area contributed by atoms with Gasteiger partial charge >= 0.3 is 6.03 Å². The molecule has 4 amide bonds. The topological polar surface area (TPSA) is 84.9 Å². The molecule has 1 N–H and O–H groups in total. The van der Waals surface area contributed by atoms with E-state index in [-0.39, 0.29) is 24.5 Å². The van der Waals surface area contributed by atoms with Gasteiger partial charge in [0.05, 0.1) is 5.69 Å². The first kappa shape index (κ1) is 30.4. The maximum Gasteiger partial charge on any atom is 0.335 e. The van der Waals surface area contributed by atoms with E-state index < -0.39 is 17.8 Å². The van der Waals surface area contributed by atoms with Gasteiger partial charge in [0.1, 0.15) is 30.3 Å². The van der Waals surface area contributed by atoms with Crippen molar-refractivity contribution in [1.29, 1.82) is 0 Å². The number of hydrogen-bond acceptors (Lipinski definition) is 5. The van der Waals surface area contributed by atoms with E-state index in [9.17, 15) is 14.4 Å². The number of rotatable bonds is 8. The van der Waals surface area contributed by atoms with Gasteiger partial charge in [-0.05, 0) is 77.0 Å². The second kappa shape index (κ2) is 13.2. The fraction of sp³-hybridized carbons (Fsp3) is 0.0571. The zero-order valence-electron chi connectivity index (χ0n) is 23.4. The number of halogens is 3. The van der Waals surface area contributed by atoms with Crippen LogP contribution >= 0.6 is 39.1 Å². The van der Waals surface area contributed by atoms with Gasteiger partial charge in [-0.25, -0.2) is 9.69 Å². The summed E-state index contributed by atoms with van der Waals surface area (Å²) >= 11 is 15.6. The Balaban J connectivity index is 1.22. The summed E-state index contributed by atoms with van der Waals surface area (Å²) in [7, 11) is 0. The van der Waals surface area contributed by atoms with Gasteiger partial charge in [-0.3, -0.25) is 14.9 Å². The molecule has 0 radical (unpaired) electrons. The second-order valence-corrected chi connectivity index (χ2v) is 11.8. The van der Waals surface area contributed by atoms with Crippen LogP contribution in [-0.4, -0.2) is 17.8 Å². The third-order valence-electron chi connectivity index (χ3n) is 7.14. The molecule has 0 atom stereocenters. The molecule has 5 aromatic carbocycles. The Kier molecular flexibility index (Phi) is 8.89. The van der Waals surface area contributed by atoms with E-state index >= 15 is 0 Å². The Labute approximate surface area is 277 Å². The fourth-order valence-corrected chi connectivity index (χ4v) is 5.72. The van der Waals surface area contributed by atoms with Gasteiger partial charge in [-0.1, -0.05) is 87.7 Å². The molecule has 1 aliphatic rings. The molecule has 0 saturated carbocycles. The van der Waals surface area contributed by atoms with Crippen LogP contribution in [0.3, 0.4) is 0 Å². The van der Waals surface area contributed by atoms with Crippen LogP contribution in [0.25, 0.3) is 16.8 Å². The lowest BCUT2D eigenvalue weighted by Crippen LogP contribution is -2.54. The SMILES string of the molecule is O=C1NC(=O)N(c2ccc(OCc3ccc(Cl)cc3Cl)cc2)C(=O)/C1=C/c1cc(Br)ccc1OCc1cccc2ccccc12. The number of nitrogens with one attached hydrogen (secondary N) is 1. The molecule has 1 aliphatic heterocycles. The number of amides is 4. The number of benzene rings is 5. The molecule has 7 nitrogen and oxygen atoms in total. The highest BCUT2D eigenvalue weighted by Crippen LogP contribution is 2.30. The minimum Gasteiger partial charge on any atom is -0.489 e.